The molecule has 3 N–H and O–H groups in total. The number of benzene rings is 2. The van der Waals surface area contributed by atoms with Gasteiger partial charge in [-0.1, -0.05) is 44.2 Å². The molecule has 4 aromatic rings. The molecule has 190 valence electrons. The lowest BCUT2D eigenvalue weighted by atomic mass is 10.0. The molecule has 4 heterocycles. The van der Waals surface area contributed by atoms with Crippen LogP contribution >= 0.6 is 0 Å². The lowest BCUT2D eigenvalue weighted by molar-refractivity contribution is -0.123. The van der Waals surface area contributed by atoms with Crippen molar-refractivity contribution in [3.05, 3.63) is 66.1 Å². The Bertz CT molecular complexity index is 1450. The van der Waals surface area contributed by atoms with E-state index in [1.807, 2.05) is 73.3 Å². The normalized spacial score (nSPS) is 20.8. The second-order valence-corrected chi connectivity index (χ2v) is 10.3. The summed E-state index contributed by atoms with van der Waals surface area (Å²) in [5, 5.41) is 8.47. The van der Waals surface area contributed by atoms with Crippen molar-refractivity contribution in [1.82, 2.24) is 30.1 Å². The van der Waals surface area contributed by atoms with E-state index in [2.05, 4.69) is 20.5 Å². The van der Waals surface area contributed by atoms with Gasteiger partial charge in [0.2, 0.25) is 5.91 Å². The molecule has 0 spiro atoms. The highest BCUT2D eigenvalue weighted by Gasteiger charge is 2.33. The molecule has 0 aliphatic carbocycles. The van der Waals surface area contributed by atoms with Gasteiger partial charge in [0, 0.05) is 48.5 Å². The Morgan fingerprint density at radius 1 is 1.05 bits per heavy atom. The maximum Gasteiger partial charge on any atom is 0.270 e. The predicted molar refractivity (Wildman–Crippen MR) is 143 cm³/mol. The van der Waals surface area contributed by atoms with Gasteiger partial charge in [0.05, 0.1) is 12.1 Å². The Balaban J connectivity index is 1.30. The van der Waals surface area contributed by atoms with Crippen LogP contribution in [0, 0.1) is 5.92 Å². The fourth-order valence-electron chi connectivity index (χ4n) is 5.34. The summed E-state index contributed by atoms with van der Waals surface area (Å²) < 4.78 is 0. The summed E-state index contributed by atoms with van der Waals surface area (Å²) in [7, 11) is 0. The van der Waals surface area contributed by atoms with Crippen LogP contribution in [0.1, 0.15) is 30.2 Å². The molecule has 2 aliphatic rings. The minimum atomic E-state index is -0.439. The van der Waals surface area contributed by atoms with Gasteiger partial charge in [0.15, 0.2) is 0 Å². The molecule has 2 aromatic heterocycles. The number of carbonyl (C=O) groups is 2. The van der Waals surface area contributed by atoms with Crippen molar-refractivity contribution in [3.63, 3.8) is 0 Å². The minimum Gasteiger partial charge on any atom is -0.358 e. The average Bonchev–Trinajstić information content (AvgIpc) is 3.34. The molecular formula is C28H31N7O2. The zero-order chi connectivity index (χ0) is 25.5. The van der Waals surface area contributed by atoms with Crippen molar-refractivity contribution in [2.24, 2.45) is 5.92 Å². The van der Waals surface area contributed by atoms with Gasteiger partial charge in [-0.15, -0.1) is 0 Å². The highest BCUT2D eigenvalue weighted by Crippen LogP contribution is 2.25. The molecule has 1 saturated heterocycles. The van der Waals surface area contributed by atoms with Crippen molar-refractivity contribution in [2.45, 2.75) is 32.5 Å². The third kappa shape index (κ3) is 4.51. The largest absolute Gasteiger partial charge is 0.358 e. The number of nitrogens with one attached hydrogen (secondary N) is 3. The first-order chi connectivity index (χ1) is 18.0. The van der Waals surface area contributed by atoms with Crippen LogP contribution < -0.4 is 10.6 Å². The molecule has 2 aromatic carbocycles. The first-order valence-electron chi connectivity index (χ1n) is 12.9. The number of hydrogen-bond acceptors (Lipinski definition) is 6. The van der Waals surface area contributed by atoms with Crippen LogP contribution in [0.25, 0.3) is 21.8 Å². The molecule has 9 nitrogen and oxygen atoms in total. The third-order valence-electron chi connectivity index (χ3n) is 7.40. The maximum absolute atomic E-state index is 13.4. The first-order valence-corrected chi connectivity index (χ1v) is 12.9. The molecule has 2 aliphatic heterocycles. The van der Waals surface area contributed by atoms with Gasteiger partial charge >= 0.3 is 0 Å². The molecule has 2 atom stereocenters. The lowest BCUT2D eigenvalue weighted by Crippen LogP contribution is -2.58. The minimum absolute atomic E-state index is 0.0255. The highest BCUT2D eigenvalue weighted by atomic mass is 16.2. The number of fused-ring (bicyclic) bond motifs is 6. The van der Waals surface area contributed by atoms with Gasteiger partial charge in [-0.2, -0.15) is 0 Å². The second-order valence-electron chi connectivity index (χ2n) is 10.3. The SMILES string of the molecule is CC(C)[C@@H]1Nc2nc(nc3ccccc23)CN2CCN(C(=O)c3cc4ccccc4[nH]3)CC2CNC1=O. The van der Waals surface area contributed by atoms with Gasteiger partial charge in [-0.25, -0.2) is 9.97 Å². The van der Waals surface area contributed by atoms with Gasteiger partial charge in [-0.3, -0.25) is 14.5 Å². The molecule has 2 bridgehead atoms. The van der Waals surface area contributed by atoms with E-state index < -0.39 is 6.04 Å². The van der Waals surface area contributed by atoms with Crippen molar-refractivity contribution >= 4 is 39.4 Å². The van der Waals surface area contributed by atoms with Crippen molar-refractivity contribution in [2.75, 3.05) is 31.5 Å². The standard InChI is InChI=1S/C28H31N7O2/c1-17(2)25-27(36)29-14-19-15-35(28(37)23-13-18-7-3-5-9-21(18)30-23)12-11-34(19)16-24-31-22-10-6-4-8-20(22)26(32-24)33-25/h3-10,13,17,19,25,30H,11-12,14-16H2,1-2H3,(H,29,36)(H,31,32,33)/t19?,25-/m0/s1. The molecule has 1 unspecified atom stereocenters. The van der Waals surface area contributed by atoms with Crippen LogP contribution in [0.4, 0.5) is 5.82 Å². The van der Waals surface area contributed by atoms with Gasteiger partial charge in [0.1, 0.15) is 23.4 Å². The Morgan fingerprint density at radius 3 is 2.70 bits per heavy atom. The van der Waals surface area contributed by atoms with E-state index in [0.29, 0.717) is 50.1 Å². The summed E-state index contributed by atoms with van der Waals surface area (Å²) in [6, 6.07) is 17.2. The smallest absolute Gasteiger partial charge is 0.270 e. The number of aromatic amines is 1. The number of piperazine rings is 1. The number of nitrogens with zero attached hydrogens (tertiary/aromatic N) is 4. The second kappa shape index (κ2) is 9.48. The Kier molecular flexibility index (Phi) is 6.00. The number of para-hydroxylation sites is 2. The van der Waals surface area contributed by atoms with E-state index in [1.54, 1.807) is 0 Å². The topological polar surface area (TPSA) is 106 Å². The lowest BCUT2D eigenvalue weighted by Gasteiger charge is -2.41. The van der Waals surface area contributed by atoms with Gasteiger partial charge < -0.3 is 20.5 Å². The van der Waals surface area contributed by atoms with Crippen molar-refractivity contribution in [3.8, 4) is 0 Å². The molecular weight excluding hydrogens is 466 g/mol. The molecule has 37 heavy (non-hydrogen) atoms. The van der Waals surface area contributed by atoms with Gasteiger partial charge in [0.25, 0.3) is 5.91 Å². The summed E-state index contributed by atoms with van der Waals surface area (Å²) >= 11 is 0. The monoisotopic (exact) mass is 497 g/mol. The summed E-state index contributed by atoms with van der Waals surface area (Å²) in [5.74, 6) is 1.35. The van der Waals surface area contributed by atoms with Crippen molar-refractivity contribution in [1.29, 1.82) is 0 Å². The number of hydrogen-bond donors (Lipinski definition) is 3. The van der Waals surface area contributed by atoms with Gasteiger partial charge in [-0.05, 0) is 30.2 Å². The zero-order valence-electron chi connectivity index (χ0n) is 21.1. The number of anilines is 1. The van der Waals surface area contributed by atoms with E-state index in [0.717, 1.165) is 21.8 Å². The van der Waals surface area contributed by atoms with E-state index >= 15 is 0 Å². The zero-order valence-corrected chi connectivity index (χ0v) is 21.1. The summed E-state index contributed by atoms with van der Waals surface area (Å²) in [6.07, 6.45) is 0. The summed E-state index contributed by atoms with van der Waals surface area (Å²) in [5.41, 5.74) is 2.38. The highest BCUT2D eigenvalue weighted by molar-refractivity contribution is 5.98. The van der Waals surface area contributed by atoms with E-state index in [1.165, 1.54) is 0 Å². The third-order valence-corrected chi connectivity index (χ3v) is 7.40. The molecule has 0 saturated carbocycles. The molecule has 1 fully saturated rings. The summed E-state index contributed by atoms with van der Waals surface area (Å²) in [6.45, 7) is 6.79. The molecule has 0 radical (unpaired) electrons. The van der Waals surface area contributed by atoms with Crippen LogP contribution in [0.3, 0.4) is 0 Å². The number of aromatic nitrogens is 3. The Labute approximate surface area is 215 Å². The predicted octanol–water partition coefficient (Wildman–Crippen LogP) is 3.00. The number of rotatable bonds is 2. The van der Waals surface area contributed by atoms with E-state index in [-0.39, 0.29) is 23.8 Å². The van der Waals surface area contributed by atoms with Crippen molar-refractivity contribution < 1.29 is 9.59 Å². The fraction of sp³-hybridized carbons (Fsp3) is 0.357. The first kappa shape index (κ1) is 23.4. The number of carbonyl (C=O) groups excluding carboxylic acids is 2. The number of H-pyrrole nitrogens is 1. The summed E-state index contributed by atoms with van der Waals surface area (Å²) in [4.78, 5) is 43.8. The van der Waals surface area contributed by atoms with Crippen LogP contribution in [0.2, 0.25) is 0 Å². The Hall–Kier alpha value is -3.98. The van der Waals surface area contributed by atoms with Crippen LogP contribution in [-0.4, -0.2) is 74.8 Å². The molecule has 9 heteroatoms. The maximum atomic E-state index is 13.4. The molecule has 2 amide bonds. The van der Waals surface area contributed by atoms with E-state index in [9.17, 15) is 9.59 Å². The van der Waals surface area contributed by atoms with E-state index in [4.69, 9.17) is 9.97 Å². The Morgan fingerprint density at radius 2 is 1.86 bits per heavy atom. The fourth-order valence-corrected chi connectivity index (χ4v) is 5.34. The van der Waals surface area contributed by atoms with Crippen LogP contribution in [0.5, 0.6) is 0 Å². The number of amides is 2. The van der Waals surface area contributed by atoms with Crippen LogP contribution in [-0.2, 0) is 11.3 Å². The average molecular weight is 498 g/mol. The van der Waals surface area contributed by atoms with Crippen LogP contribution in [0.15, 0.2) is 54.6 Å². The molecule has 6 rings (SSSR count). The quantitative estimate of drug-likeness (QED) is 0.393.